The average molecular weight is 446 g/mol. The van der Waals surface area contributed by atoms with Gasteiger partial charge in [-0.05, 0) is 6.42 Å². The maximum atomic E-state index is 13.4. The second-order valence-corrected chi connectivity index (χ2v) is 5.41. The summed E-state index contributed by atoms with van der Waals surface area (Å²) >= 11 is 0. The zero-order valence-electron chi connectivity index (χ0n) is 13.6. The minimum atomic E-state index is -7.63. The molecule has 0 aliphatic rings. The number of esters is 1. The molecule has 0 atom stereocenters. The van der Waals surface area contributed by atoms with Crippen LogP contribution in [-0.2, 0) is 9.53 Å². The van der Waals surface area contributed by atoms with Gasteiger partial charge in [-0.15, -0.1) is 0 Å². The highest BCUT2D eigenvalue weighted by molar-refractivity contribution is 5.87. The van der Waals surface area contributed by atoms with Crippen molar-refractivity contribution in [2.24, 2.45) is 0 Å². The first-order chi connectivity index (χ1) is 12.1. The Morgan fingerprint density at radius 3 is 1.54 bits per heavy atom. The predicted molar refractivity (Wildman–Crippen MR) is 65.5 cm³/mol. The van der Waals surface area contributed by atoms with Crippen LogP contribution in [0.2, 0.25) is 0 Å². The summed E-state index contributed by atoms with van der Waals surface area (Å²) in [4.78, 5) is 11.0. The van der Waals surface area contributed by atoms with Gasteiger partial charge in [0.25, 0.3) is 0 Å². The number of halogens is 13. The van der Waals surface area contributed by atoms with E-state index in [1.807, 2.05) is 0 Å². The first-order valence-corrected chi connectivity index (χ1v) is 6.94. The molecule has 0 aliphatic heterocycles. The summed E-state index contributed by atoms with van der Waals surface area (Å²) in [5, 5.41) is 0. The van der Waals surface area contributed by atoms with Crippen molar-refractivity contribution < 1.29 is 66.6 Å². The van der Waals surface area contributed by atoms with E-state index in [0.717, 1.165) is 6.92 Å². The fourth-order valence-electron chi connectivity index (χ4n) is 1.46. The first-order valence-electron chi connectivity index (χ1n) is 6.94. The Hall–Kier alpha value is -1.70. The second kappa shape index (κ2) is 7.61. The van der Waals surface area contributed by atoms with Crippen molar-refractivity contribution in [1.29, 1.82) is 0 Å². The van der Waals surface area contributed by atoms with Crippen LogP contribution in [0.25, 0.3) is 0 Å². The average Bonchev–Trinajstić information content (AvgIpc) is 2.50. The molecule has 0 aliphatic carbocycles. The first kappa shape index (κ1) is 26.3. The van der Waals surface area contributed by atoms with E-state index >= 15 is 0 Å². The number of carbonyl (C=O) groups excluding carboxylic acids is 1. The van der Waals surface area contributed by atoms with Gasteiger partial charge in [0.05, 0.1) is 0 Å². The molecular formula is C13H11F13O2. The van der Waals surface area contributed by atoms with Crippen LogP contribution in [0.1, 0.15) is 26.2 Å². The SMILES string of the molecule is C=C(CC)C(=O)OC(F)(F)C(F)(F)C(F)(F)C(F)(F)C(F)(F)CCC(F)(F)F. The third-order valence-corrected chi connectivity index (χ3v) is 3.27. The maximum absolute atomic E-state index is 13.4. The van der Waals surface area contributed by atoms with Gasteiger partial charge in [0.2, 0.25) is 0 Å². The summed E-state index contributed by atoms with van der Waals surface area (Å²) in [6.45, 7) is 3.77. The molecule has 0 rings (SSSR count). The predicted octanol–water partition coefficient (Wildman–Crippen LogP) is 5.97. The monoisotopic (exact) mass is 446 g/mol. The molecule has 0 aromatic heterocycles. The van der Waals surface area contributed by atoms with E-state index in [0.29, 0.717) is 0 Å². The molecule has 28 heavy (non-hydrogen) atoms. The summed E-state index contributed by atoms with van der Waals surface area (Å²) in [5.74, 6) is -31.4. The molecule has 0 saturated heterocycles. The Kier molecular flexibility index (Phi) is 7.15. The molecule has 0 saturated carbocycles. The Labute approximate surface area is 148 Å². The molecule has 0 spiro atoms. The van der Waals surface area contributed by atoms with Gasteiger partial charge in [0.1, 0.15) is 0 Å². The van der Waals surface area contributed by atoms with E-state index in [-0.39, 0.29) is 0 Å². The van der Waals surface area contributed by atoms with Gasteiger partial charge in [-0.2, -0.15) is 57.1 Å². The van der Waals surface area contributed by atoms with Crippen LogP contribution in [0.3, 0.4) is 0 Å². The van der Waals surface area contributed by atoms with Gasteiger partial charge in [-0.25, -0.2) is 4.79 Å². The van der Waals surface area contributed by atoms with Crippen LogP contribution in [0, 0.1) is 0 Å². The Morgan fingerprint density at radius 1 is 0.750 bits per heavy atom. The largest absolute Gasteiger partial charge is 0.473 e. The van der Waals surface area contributed by atoms with Gasteiger partial charge in [0, 0.05) is 18.4 Å². The molecule has 0 unspecified atom stereocenters. The van der Waals surface area contributed by atoms with Crippen LogP contribution in [0.15, 0.2) is 12.2 Å². The van der Waals surface area contributed by atoms with Gasteiger partial charge < -0.3 is 4.74 Å². The number of rotatable bonds is 9. The second-order valence-electron chi connectivity index (χ2n) is 5.41. The molecule has 0 aromatic rings. The summed E-state index contributed by atoms with van der Waals surface area (Å²) in [7, 11) is 0. The summed E-state index contributed by atoms with van der Waals surface area (Å²) < 4.78 is 171. The highest BCUT2D eigenvalue weighted by atomic mass is 19.4. The van der Waals surface area contributed by atoms with Gasteiger partial charge in [-0.3, -0.25) is 0 Å². The molecule has 0 fully saturated rings. The third-order valence-electron chi connectivity index (χ3n) is 3.27. The van der Waals surface area contributed by atoms with E-state index < -0.39 is 66.8 Å². The molecule has 0 heterocycles. The zero-order valence-corrected chi connectivity index (χ0v) is 13.6. The summed E-state index contributed by atoms with van der Waals surface area (Å²) in [6, 6.07) is 0. The number of carbonyl (C=O) groups is 1. The van der Waals surface area contributed by atoms with Gasteiger partial charge in [0.15, 0.2) is 0 Å². The number of ether oxygens (including phenoxy) is 1. The molecule has 2 nitrogen and oxygen atoms in total. The van der Waals surface area contributed by atoms with Crippen molar-refractivity contribution in [2.75, 3.05) is 0 Å². The van der Waals surface area contributed by atoms with Crippen molar-refractivity contribution in [3.05, 3.63) is 12.2 Å². The third kappa shape index (κ3) is 4.82. The highest BCUT2D eigenvalue weighted by Gasteiger charge is 2.87. The molecule has 0 amide bonds. The van der Waals surface area contributed by atoms with Crippen LogP contribution in [-0.4, -0.2) is 41.9 Å². The van der Waals surface area contributed by atoms with E-state index in [9.17, 15) is 61.9 Å². The standard InChI is InChI=1S/C13H11F13O2/c1-3-6(2)7(27)28-13(25,26)12(23,24)11(21,22)10(19,20)8(14,15)4-5-9(16,17)18/h2-5H2,1H3. The molecule has 0 aromatic carbocycles. The van der Waals surface area contributed by atoms with Crippen LogP contribution >= 0.6 is 0 Å². The van der Waals surface area contributed by atoms with Crippen LogP contribution in [0.5, 0.6) is 0 Å². The molecule has 0 radical (unpaired) electrons. The highest BCUT2D eigenvalue weighted by Crippen LogP contribution is 2.58. The van der Waals surface area contributed by atoms with E-state index in [1.165, 1.54) is 0 Å². The lowest BCUT2D eigenvalue weighted by Crippen LogP contribution is -2.68. The van der Waals surface area contributed by atoms with E-state index in [1.54, 1.807) is 0 Å². The van der Waals surface area contributed by atoms with Crippen molar-refractivity contribution in [1.82, 2.24) is 0 Å². The van der Waals surface area contributed by atoms with Crippen LogP contribution in [0.4, 0.5) is 57.1 Å². The van der Waals surface area contributed by atoms with Crippen molar-refractivity contribution >= 4 is 5.97 Å². The fraction of sp³-hybridized carbons (Fsp3) is 0.769. The van der Waals surface area contributed by atoms with Crippen molar-refractivity contribution in [3.8, 4) is 0 Å². The Bertz CT molecular complexity index is 592. The number of hydrogen-bond donors (Lipinski definition) is 0. The Balaban J connectivity index is 5.95. The van der Waals surface area contributed by atoms with Gasteiger partial charge >= 0.3 is 41.9 Å². The maximum Gasteiger partial charge on any atom is 0.473 e. The smallest absolute Gasteiger partial charge is 0.393 e. The van der Waals surface area contributed by atoms with Crippen LogP contribution < -0.4 is 0 Å². The molecular weight excluding hydrogens is 435 g/mol. The zero-order chi connectivity index (χ0) is 23.0. The minimum Gasteiger partial charge on any atom is -0.393 e. The topological polar surface area (TPSA) is 26.3 Å². The quantitative estimate of drug-likeness (QED) is 0.248. The fourth-order valence-corrected chi connectivity index (χ4v) is 1.46. The number of alkyl halides is 13. The Morgan fingerprint density at radius 2 is 1.18 bits per heavy atom. The van der Waals surface area contributed by atoms with Gasteiger partial charge in [-0.1, -0.05) is 13.5 Å². The normalized spacial score (nSPS) is 14.8. The van der Waals surface area contributed by atoms with E-state index in [4.69, 9.17) is 0 Å². The molecule has 0 bridgehead atoms. The lowest BCUT2D eigenvalue weighted by atomic mass is 9.95. The molecule has 0 N–H and O–H groups in total. The lowest BCUT2D eigenvalue weighted by molar-refractivity contribution is -0.437. The van der Waals surface area contributed by atoms with E-state index in [2.05, 4.69) is 11.3 Å². The number of hydrogen-bond acceptors (Lipinski definition) is 2. The molecule has 15 heteroatoms. The lowest BCUT2D eigenvalue weighted by Gasteiger charge is -2.38. The summed E-state index contributed by atoms with van der Waals surface area (Å²) in [6.07, 6.45) is -18.7. The van der Waals surface area contributed by atoms with Crippen molar-refractivity contribution in [3.63, 3.8) is 0 Å². The minimum absolute atomic E-state index is 0.525. The van der Waals surface area contributed by atoms with Crippen molar-refractivity contribution in [2.45, 2.75) is 62.2 Å². The summed E-state index contributed by atoms with van der Waals surface area (Å²) in [5.41, 5.74) is -0.985. The molecule has 166 valence electrons.